The van der Waals surface area contributed by atoms with Crippen molar-refractivity contribution in [2.75, 3.05) is 32.7 Å². The van der Waals surface area contributed by atoms with Gasteiger partial charge in [-0.2, -0.15) is 0 Å². The maximum absolute atomic E-state index is 12.9. The third-order valence-corrected chi connectivity index (χ3v) is 3.91. The van der Waals surface area contributed by atoms with Gasteiger partial charge < -0.3 is 10.2 Å². The number of rotatable bonds is 4. The molecule has 0 aromatic heterocycles. The molecule has 0 atom stereocenters. The number of benzene rings is 1. The highest BCUT2D eigenvalue weighted by Crippen LogP contribution is 2.09. The van der Waals surface area contributed by atoms with E-state index in [9.17, 15) is 4.39 Å². The van der Waals surface area contributed by atoms with E-state index in [1.165, 1.54) is 12.1 Å². The number of halogens is 1. The summed E-state index contributed by atoms with van der Waals surface area (Å²) < 4.78 is 12.9. The molecule has 1 N–H and O–H groups in total. The summed E-state index contributed by atoms with van der Waals surface area (Å²) in [6.45, 7) is 7.85. The Bertz CT molecular complexity index is 427. The molecule has 1 aliphatic heterocycles. The Labute approximate surface area is 125 Å². The minimum Gasteiger partial charge on any atom is -0.363 e. The first-order valence-electron chi connectivity index (χ1n) is 7.18. The van der Waals surface area contributed by atoms with Crippen molar-refractivity contribution >= 4 is 17.3 Å². The summed E-state index contributed by atoms with van der Waals surface area (Å²) in [4.78, 5) is 4.61. The van der Waals surface area contributed by atoms with Crippen LogP contribution in [0.4, 0.5) is 4.39 Å². The molecule has 110 valence electrons. The average molecular weight is 295 g/mol. The molecule has 0 aliphatic carbocycles. The van der Waals surface area contributed by atoms with E-state index in [-0.39, 0.29) is 5.82 Å². The van der Waals surface area contributed by atoms with E-state index < -0.39 is 0 Å². The van der Waals surface area contributed by atoms with Gasteiger partial charge in [-0.3, -0.25) is 4.90 Å². The molecule has 2 rings (SSSR count). The molecule has 1 fully saturated rings. The van der Waals surface area contributed by atoms with Gasteiger partial charge in [0.15, 0.2) is 5.11 Å². The molecule has 0 bridgehead atoms. The maximum Gasteiger partial charge on any atom is 0.169 e. The summed E-state index contributed by atoms with van der Waals surface area (Å²) in [5.41, 5.74) is 1.16. The maximum atomic E-state index is 12.9. The lowest BCUT2D eigenvalue weighted by molar-refractivity contribution is 0.174. The van der Waals surface area contributed by atoms with Crippen molar-refractivity contribution < 1.29 is 4.39 Å². The van der Waals surface area contributed by atoms with Crippen molar-refractivity contribution in [3.05, 3.63) is 35.6 Å². The van der Waals surface area contributed by atoms with Crippen LogP contribution in [0.1, 0.15) is 18.9 Å². The largest absolute Gasteiger partial charge is 0.363 e. The standard InChI is InChI=1S/C15H22FN3S/c1-2-7-17-15(20)19-10-8-18(9-11-19)12-13-3-5-14(16)6-4-13/h3-6H,2,7-12H2,1H3,(H,17,20). The Hall–Kier alpha value is -1.20. The van der Waals surface area contributed by atoms with E-state index in [4.69, 9.17) is 12.2 Å². The molecule has 0 spiro atoms. The fourth-order valence-electron chi connectivity index (χ4n) is 2.30. The zero-order chi connectivity index (χ0) is 14.4. The van der Waals surface area contributed by atoms with Crippen LogP contribution in [0.5, 0.6) is 0 Å². The lowest BCUT2D eigenvalue weighted by Gasteiger charge is -2.36. The van der Waals surface area contributed by atoms with Crippen LogP contribution in [-0.2, 0) is 6.54 Å². The van der Waals surface area contributed by atoms with Gasteiger partial charge in [-0.15, -0.1) is 0 Å². The van der Waals surface area contributed by atoms with Crippen molar-refractivity contribution in [1.29, 1.82) is 0 Å². The third kappa shape index (κ3) is 4.42. The van der Waals surface area contributed by atoms with Gasteiger partial charge in [-0.25, -0.2) is 4.39 Å². The number of hydrogen-bond donors (Lipinski definition) is 1. The summed E-state index contributed by atoms with van der Waals surface area (Å²) in [5, 5.41) is 4.14. The fourth-order valence-corrected chi connectivity index (χ4v) is 2.59. The van der Waals surface area contributed by atoms with Gasteiger partial charge in [0.25, 0.3) is 0 Å². The van der Waals surface area contributed by atoms with Gasteiger partial charge in [0.1, 0.15) is 5.82 Å². The Morgan fingerprint density at radius 3 is 2.45 bits per heavy atom. The Kier molecular flexibility index (Phi) is 5.73. The molecule has 0 unspecified atom stereocenters. The predicted molar refractivity (Wildman–Crippen MR) is 84.1 cm³/mol. The molecule has 1 aliphatic rings. The minimum atomic E-state index is -0.175. The Balaban J connectivity index is 1.76. The third-order valence-electron chi connectivity index (χ3n) is 3.51. The molecule has 0 saturated carbocycles. The monoisotopic (exact) mass is 295 g/mol. The summed E-state index contributed by atoms with van der Waals surface area (Å²) in [7, 11) is 0. The van der Waals surface area contributed by atoms with Crippen LogP contribution in [0.15, 0.2) is 24.3 Å². The number of nitrogens with zero attached hydrogens (tertiary/aromatic N) is 2. The van der Waals surface area contributed by atoms with Crippen LogP contribution in [0.3, 0.4) is 0 Å². The molecule has 0 amide bonds. The van der Waals surface area contributed by atoms with E-state index in [2.05, 4.69) is 22.0 Å². The number of nitrogens with one attached hydrogen (secondary N) is 1. The zero-order valence-corrected chi connectivity index (χ0v) is 12.8. The highest BCUT2D eigenvalue weighted by molar-refractivity contribution is 7.80. The molecule has 20 heavy (non-hydrogen) atoms. The van der Waals surface area contributed by atoms with Gasteiger partial charge in [-0.1, -0.05) is 19.1 Å². The highest BCUT2D eigenvalue weighted by atomic mass is 32.1. The van der Waals surface area contributed by atoms with Gasteiger partial charge >= 0.3 is 0 Å². The summed E-state index contributed by atoms with van der Waals surface area (Å²) in [5.74, 6) is -0.175. The van der Waals surface area contributed by atoms with Gasteiger partial charge in [-0.05, 0) is 36.3 Å². The first kappa shape index (κ1) is 15.2. The Morgan fingerprint density at radius 1 is 1.20 bits per heavy atom. The topological polar surface area (TPSA) is 18.5 Å². The minimum absolute atomic E-state index is 0.175. The van der Waals surface area contributed by atoms with E-state index in [1.807, 2.05) is 12.1 Å². The van der Waals surface area contributed by atoms with Crippen LogP contribution in [0.2, 0.25) is 0 Å². The molecule has 1 heterocycles. The molecule has 1 aromatic carbocycles. The second kappa shape index (κ2) is 7.55. The lowest BCUT2D eigenvalue weighted by Crippen LogP contribution is -2.51. The molecule has 5 heteroatoms. The van der Waals surface area contributed by atoms with Crippen molar-refractivity contribution in [3.8, 4) is 0 Å². The lowest BCUT2D eigenvalue weighted by atomic mass is 10.2. The van der Waals surface area contributed by atoms with Crippen molar-refractivity contribution in [2.45, 2.75) is 19.9 Å². The highest BCUT2D eigenvalue weighted by Gasteiger charge is 2.18. The fraction of sp³-hybridized carbons (Fsp3) is 0.533. The summed E-state index contributed by atoms with van der Waals surface area (Å²) in [6, 6.07) is 6.76. The Morgan fingerprint density at radius 2 is 1.85 bits per heavy atom. The quantitative estimate of drug-likeness (QED) is 0.858. The first-order valence-corrected chi connectivity index (χ1v) is 7.59. The number of thiocarbonyl (C=S) groups is 1. The SMILES string of the molecule is CCCNC(=S)N1CCN(Cc2ccc(F)cc2)CC1. The molecule has 1 saturated heterocycles. The van der Waals surface area contributed by atoms with Gasteiger partial charge in [0.05, 0.1) is 0 Å². The van der Waals surface area contributed by atoms with Crippen LogP contribution in [-0.4, -0.2) is 47.6 Å². The van der Waals surface area contributed by atoms with Crippen LogP contribution < -0.4 is 5.32 Å². The second-order valence-electron chi connectivity index (χ2n) is 5.12. The van der Waals surface area contributed by atoms with Gasteiger partial charge in [0.2, 0.25) is 0 Å². The molecule has 0 radical (unpaired) electrons. The molecular formula is C15H22FN3S. The van der Waals surface area contributed by atoms with Gasteiger partial charge in [0, 0.05) is 39.3 Å². The smallest absolute Gasteiger partial charge is 0.169 e. The van der Waals surface area contributed by atoms with Crippen molar-refractivity contribution in [2.24, 2.45) is 0 Å². The van der Waals surface area contributed by atoms with E-state index in [0.29, 0.717) is 0 Å². The predicted octanol–water partition coefficient (Wildman–Crippen LogP) is 2.23. The van der Waals surface area contributed by atoms with Crippen LogP contribution >= 0.6 is 12.2 Å². The zero-order valence-electron chi connectivity index (χ0n) is 11.9. The molecule has 3 nitrogen and oxygen atoms in total. The number of hydrogen-bond acceptors (Lipinski definition) is 2. The first-order chi connectivity index (χ1) is 9.69. The van der Waals surface area contributed by atoms with E-state index >= 15 is 0 Å². The normalized spacial score (nSPS) is 16.2. The molecular weight excluding hydrogens is 273 g/mol. The summed E-state index contributed by atoms with van der Waals surface area (Å²) in [6.07, 6.45) is 1.09. The van der Waals surface area contributed by atoms with Crippen molar-refractivity contribution in [1.82, 2.24) is 15.1 Å². The van der Waals surface area contributed by atoms with Crippen molar-refractivity contribution in [3.63, 3.8) is 0 Å². The summed E-state index contributed by atoms with van der Waals surface area (Å²) >= 11 is 5.38. The van der Waals surface area contributed by atoms with Crippen LogP contribution in [0, 0.1) is 5.82 Å². The van der Waals surface area contributed by atoms with Crippen LogP contribution in [0.25, 0.3) is 0 Å². The molecule has 1 aromatic rings. The average Bonchev–Trinajstić information content (AvgIpc) is 2.48. The second-order valence-corrected chi connectivity index (χ2v) is 5.51. The van der Waals surface area contributed by atoms with E-state index in [0.717, 1.165) is 56.4 Å². The van der Waals surface area contributed by atoms with E-state index in [1.54, 1.807) is 0 Å². The number of piperazine rings is 1.